The predicted octanol–water partition coefficient (Wildman–Crippen LogP) is 4.24. The SMILES string of the molecule is COc1ccc(N(CC(=O)Nc2ccc(Cl)c(S(=O)(=O)N(C)C)c2)Cc2ccccc2)cc1. The zero-order valence-electron chi connectivity index (χ0n) is 18.7. The highest BCUT2D eigenvalue weighted by Gasteiger charge is 2.22. The van der Waals surface area contributed by atoms with E-state index in [1.54, 1.807) is 13.2 Å². The number of carbonyl (C=O) groups is 1. The fourth-order valence-corrected chi connectivity index (χ4v) is 4.58. The van der Waals surface area contributed by atoms with Crippen LogP contribution >= 0.6 is 11.6 Å². The van der Waals surface area contributed by atoms with Crippen molar-refractivity contribution in [3.63, 3.8) is 0 Å². The molecule has 3 aromatic rings. The van der Waals surface area contributed by atoms with Crippen LogP contribution in [0.25, 0.3) is 0 Å². The van der Waals surface area contributed by atoms with Crippen molar-refractivity contribution in [2.24, 2.45) is 0 Å². The first-order valence-corrected chi connectivity index (χ1v) is 12.0. The molecule has 0 bridgehead atoms. The number of benzene rings is 3. The van der Waals surface area contributed by atoms with Crippen molar-refractivity contribution in [3.8, 4) is 5.75 Å². The van der Waals surface area contributed by atoms with Gasteiger partial charge >= 0.3 is 0 Å². The van der Waals surface area contributed by atoms with Crippen molar-refractivity contribution in [2.75, 3.05) is 38.0 Å². The number of ether oxygens (including phenoxy) is 1. The first kappa shape index (κ1) is 24.6. The van der Waals surface area contributed by atoms with E-state index in [9.17, 15) is 13.2 Å². The van der Waals surface area contributed by atoms with Crippen LogP contribution in [0.1, 0.15) is 5.56 Å². The Balaban J connectivity index is 1.82. The lowest BCUT2D eigenvalue weighted by atomic mass is 10.2. The number of hydrogen-bond acceptors (Lipinski definition) is 5. The molecule has 0 spiro atoms. The van der Waals surface area contributed by atoms with E-state index in [1.165, 1.54) is 26.2 Å². The van der Waals surface area contributed by atoms with Gasteiger partial charge in [-0.3, -0.25) is 4.79 Å². The molecule has 0 atom stereocenters. The molecule has 174 valence electrons. The van der Waals surface area contributed by atoms with Crippen LogP contribution in [0.5, 0.6) is 5.75 Å². The second-order valence-corrected chi connectivity index (χ2v) is 10.0. The van der Waals surface area contributed by atoms with E-state index >= 15 is 0 Å². The fraction of sp³-hybridized carbons (Fsp3) is 0.208. The van der Waals surface area contributed by atoms with Gasteiger partial charge in [0.25, 0.3) is 0 Å². The first-order valence-electron chi connectivity index (χ1n) is 10.2. The lowest BCUT2D eigenvalue weighted by Gasteiger charge is -2.25. The minimum Gasteiger partial charge on any atom is -0.497 e. The molecule has 3 aromatic carbocycles. The maximum Gasteiger partial charge on any atom is 0.244 e. The number of sulfonamides is 1. The van der Waals surface area contributed by atoms with E-state index in [0.717, 1.165) is 21.3 Å². The molecule has 1 amide bonds. The van der Waals surface area contributed by atoms with Gasteiger partial charge in [0.1, 0.15) is 10.6 Å². The monoisotopic (exact) mass is 487 g/mol. The van der Waals surface area contributed by atoms with Crippen LogP contribution in [-0.2, 0) is 21.4 Å². The topological polar surface area (TPSA) is 79.0 Å². The third-order valence-corrected chi connectivity index (χ3v) is 7.26. The highest BCUT2D eigenvalue weighted by atomic mass is 35.5. The lowest BCUT2D eigenvalue weighted by molar-refractivity contribution is -0.115. The Morgan fingerprint density at radius 1 is 1.00 bits per heavy atom. The van der Waals surface area contributed by atoms with Crippen LogP contribution in [0.15, 0.2) is 77.7 Å². The van der Waals surface area contributed by atoms with Gasteiger partial charge in [-0.1, -0.05) is 41.9 Å². The zero-order valence-corrected chi connectivity index (χ0v) is 20.2. The summed E-state index contributed by atoms with van der Waals surface area (Å²) in [7, 11) is 0.695. The number of halogens is 1. The molecule has 0 saturated heterocycles. The molecule has 3 rings (SSSR count). The standard InChI is InChI=1S/C24H26ClN3O4S/c1-27(2)33(30,31)23-15-19(9-14-22(23)25)26-24(29)17-28(16-18-7-5-4-6-8-18)20-10-12-21(32-3)13-11-20/h4-15H,16-17H2,1-3H3,(H,26,29). The van der Waals surface area contributed by atoms with Crippen molar-refractivity contribution in [3.05, 3.63) is 83.4 Å². The van der Waals surface area contributed by atoms with Crippen molar-refractivity contribution in [1.29, 1.82) is 0 Å². The normalized spacial score (nSPS) is 11.3. The molecule has 0 heterocycles. The maximum absolute atomic E-state index is 12.9. The summed E-state index contributed by atoms with van der Waals surface area (Å²) in [6, 6.07) is 21.7. The third kappa shape index (κ3) is 6.25. The summed E-state index contributed by atoms with van der Waals surface area (Å²) in [5.41, 5.74) is 2.24. The number of nitrogens with one attached hydrogen (secondary N) is 1. The molecule has 33 heavy (non-hydrogen) atoms. The van der Waals surface area contributed by atoms with E-state index < -0.39 is 10.0 Å². The number of rotatable bonds is 9. The van der Waals surface area contributed by atoms with Gasteiger partial charge in [-0.05, 0) is 48.0 Å². The van der Waals surface area contributed by atoms with E-state index in [-0.39, 0.29) is 22.4 Å². The highest BCUT2D eigenvalue weighted by Crippen LogP contribution is 2.27. The van der Waals surface area contributed by atoms with Gasteiger partial charge in [-0.2, -0.15) is 0 Å². The van der Waals surface area contributed by atoms with Crippen molar-refractivity contribution in [2.45, 2.75) is 11.4 Å². The Hall–Kier alpha value is -3.07. The number of anilines is 2. The maximum atomic E-state index is 12.9. The summed E-state index contributed by atoms with van der Waals surface area (Å²) < 4.78 is 31.3. The van der Waals surface area contributed by atoms with Crippen LogP contribution in [0.3, 0.4) is 0 Å². The average Bonchev–Trinajstić information content (AvgIpc) is 2.80. The molecule has 0 unspecified atom stereocenters. The Morgan fingerprint density at radius 2 is 1.67 bits per heavy atom. The summed E-state index contributed by atoms with van der Waals surface area (Å²) in [4.78, 5) is 14.8. The molecule has 0 saturated carbocycles. The molecule has 7 nitrogen and oxygen atoms in total. The molecule has 0 radical (unpaired) electrons. The minimum absolute atomic E-state index is 0.0552. The largest absolute Gasteiger partial charge is 0.497 e. The zero-order chi connectivity index (χ0) is 24.0. The van der Waals surface area contributed by atoms with Crippen LogP contribution in [0.2, 0.25) is 5.02 Å². The molecule has 9 heteroatoms. The molecule has 0 aliphatic rings. The summed E-state index contributed by atoms with van der Waals surface area (Å²) in [6.45, 7) is 0.571. The highest BCUT2D eigenvalue weighted by molar-refractivity contribution is 7.89. The summed E-state index contributed by atoms with van der Waals surface area (Å²) >= 11 is 6.10. The van der Waals surface area contributed by atoms with Gasteiger partial charge in [0.2, 0.25) is 15.9 Å². The summed E-state index contributed by atoms with van der Waals surface area (Å²) in [6.07, 6.45) is 0. The number of hydrogen-bond donors (Lipinski definition) is 1. The molecule has 0 aromatic heterocycles. The lowest BCUT2D eigenvalue weighted by Crippen LogP contribution is -2.33. The smallest absolute Gasteiger partial charge is 0.244 e. The van der Waals surface area contributed by atoms with Gasteiger partial charge in [0.05, 0.1) is 18.7 Å². The van der Waals surface area contributed by atoms with Crippen LogP contribution in [0, 0.1) is 0 Å². The number of carbonyl (C=O) groups excluding carboxylic acids is 1. The fourth-order valence-electron chi connectivity index (χ4n) is 3.18. The van der Waals surface area contributed by atoms with Gasteiger partial charge in [-0.15, -0.1) is 0 Å². The van der Waals surface area contributed by atoms with Crippen molar-refractivity contribution >= 4 is 38.9 Å². The molecule has 0 aliphatic carbocycles. The quantitative estimate of drug-likeness (QED) is 0.488. The van der Waals surface area contributed by atoms with E-state index in [0.29, 0.717) is 12.2 Å². The van der Waals surface area contributed by atoms with Gasteiger partial charge in [0, 0.05) is 32.0 Å². The second kappa shape index (κ2) is 10.7. The van der Waals surface area contributed by atoms with Crippen LogP contribution < -0.4 is 15.0 Å². The molecular weight excluding hydrogens is 462 g/mol. The Morgan fingerprint density at radius 3 is 2.27 bits per heavy atom. The first-order chi connectivity index (χ1) is 15.7. The predicted molar refractivity (Wildman–Crippen MR) is 131 cm³/mol. The van der Waals surface area contributed by atoms with E-state index in [4.69, 9.17) is 16.3 Å². The van der Waals surface area contributed by atoms with E-state index in [2.05, 4.69) is 5.32 Å². The minimum atomic E-state index is -3.75. The molecule has 1 N–H and O–H groups in total. The number of amides is 1. The van der Waals surface area contributed by atoms with Gasteiger partial charge in [0.15, 0.2) is 0 Å². The molecular formula is C24H26ClN3O4S. The van der Waals surface area contributed by atoms with Crippen molar-refractivity contribution < 1.29 is 17.9 Å². The Kier molecular flexibility index (Phi) is 7.97. The summed E-state index contributed by atoms with van der Waals surface area (Å²) in [5.74, 6) is 0.427. The molecule has 0 fully saturated rings. The summed E-state index contributed by atoms with van der Waals surface area (Å²) in [5, 5.41) is 2.87. The van der Waals surface area contributed by atoms with Gasteiger partial charge in [-0.25, -0.2) is 12.7 Å². The second-order valence-electron chi connectivity index (χ2n) is 7.52. The Bertz CT molecular complexity index is 1200. The van der Waals surface area contributed by atoms with Gasteiger partial charge < -0.3 is 15.0 Å². The number of nitrogens with zero attached hydrogens (tertiary/aromatic N) is 2. The Labute approximate surface area is 199 Å². The van der Waals surface area contributed by atoms with E-state index in [1.807, 2.05) is 59.5 Å². The van der Waals surface area contributed by atoms with Crippen molar-refractivity contribution in [1.82, 2.24) is 4.31 Å². The van der Waals surface area contributed by atoms with Crippen LogP contribution in [0.4, 0.5) is 11.4 Å². The van der Waals surface area contributed by atoms with Crippen LogP contribution in [-0.4, -0.2) is 46.4 Å². The number of methoxy groups -OCH3 is 1. The molecule has 0 aliphatic heterocycles. The third-order valence-electron chi connectivity index (χ3n) is 4.96. The average molecular weight is 488 g/mol.